The average molecular weight is 839 g/mol. The van der Waals surface area contributed by atoms with Crippen LogP contribution < -0.4 is 32.6 Å². The first-order valence-electron chi connectivity index (χ1n) is 17.0. The van der Waals surface area contributed by atoms with Crippen molar-refractivity contribution in [1.29, 1.82) is 0 Å². The fourth-order valence-corrected chi connectivity index (χ4v) is 5.09. The number of ether oxygens (including phenoxy) is 1. The molecule has 2 amide bonds. The van der Waals surface area contributed by atoms with Crippen molar-refractivity contribution in [1.82, 2.24) is 19.9 Å². The predicted molar refractivity (Wildman–Crippen MR) is 199 cm³/mol. The van der Waals surface area contributed by atoms with Gasteiger partial charge in [-0.05, 0) is 54.6 Å². The minimum Gasteiger partial charge on any atom is -0.491 e. The Bertz CT molecular complexity index is 2250. The van der Waals surface area contributed by atoms with Gasteiger partial charge in [0.1, 0.15) is 17.7 Å². The molecule has 0 spiro atoms. The minimum atomic E-state index is -5.08. The van der Waals surface area contributed by atoms with Crippen LogP contribution in [0.3, 0.4) is 0 Å². The molecular formula is C37H37F7N8O7. The standard InChI is InChI=1S/C33H35FN8O3.2C2HF3O2/c1-3-19-14-24(28(34)26(15-19)45-4-2)29(40-22-10-11-23-21(16-22)12-13-38-30(23)36)32-41-25(20-8-6-5-7-9-20)18-42(32)31(37)33(44)39-17-27(35)43;2*3-2(4,5)1(6)7/h5-16,18,29,31,40H,3-4,17,37H2,1-2H3,(H2,35,43)(H2,36,38)(H,39,44);2*(H,6,7). The number of aliphatic carboxylic acids is 2. The summed E-state index contributed by atoms with van der Waals surface area (Å²) in [5, 5.41) is 21.7. The number of nitrogens with two attached hydrogens (primary N) is 3. The number of benzene rings is 3. The number of pyridine rings is 1. The summed E-state index contributed by atoms with van der Waals surface area (Å²) in [7, 11) is 0. The van der Waals surface area contributed by atoms with Crippen LogP contribution in [0.5, 0.6) is 5.75 Å². The zero-order valence-electron chi connectivity index (χ0n) is 30.9. The number of carbonyl (C=O) groups is 4. The van der Waals surface area contributed by atoms with E-state index in [0.717, 1.165) is 21.9 Å². The Hall–Kier alpha value is -6.97. The highest BCUT2D eigenvalue weighted by Gasteiger charge is 2.39. The Morgan fingerprint density at radius 2 is 1.53 bits per heavy atom. The number of hydrogen-bond acceptors (Lipinski definition) is 10. The smallest absolute Gasteiger partial charge is 0.490 e. The molecule has 22 heteroatoms. The number of hydrogen-bond donors (Lipinski definition) is 7. The first-order valence-corrected chi connectivity index (χ1v) is 17.0. The summed E-state index contributed by atoms with van der Waals surface area (Å²) < 4.78 is 87.0. The third-order valence-corrected chi connectivity index (χ3v) is 7.83. The highest BCUT2D eigenvalue weighted by Crippen LogP contribution is 2.36. The van der Waals surface area contributed by atoms with Gasteiger partial charge in [0.15, 0.2) is 17.7 Å². The average Bonchev–Trinajstić information content (AvgIpc) is 3.62. The van der Waals surface area contributed by atoms with Crippen LogP contribution in [0.15, 0.2) is 79.1 Å². The van der Waals surface area contributed by atoms with E-state index >= 15 is 4.39 Å². The number of amides is 2. The lowest BCUT2D eigenvalue weighted by Gasteiger charge is -2.25. The molecule has 15 nitrogen and oxygen atoms in total. The molecule has 0 saturated carbocycles. The second-order valence-corrected chi connectivity index (χ2v) is 12.0. The third-order valence-electron chi connectivity index (χ3n) is 7.83. The van der Waals surface area contributed by atoms with E-state index in [4.69, 9.17) is 46.7 Å². The van der Waals surface area contributed by atoms with E-state index in [2.05, 4.69) is 15.6 Å². The van der Waals surface area contributed by atoms with Gasteiger partial charge in [0.2, 0.25) is 5.91 Å². The van der Waals surface area contributed by atoms with Crippen molar-refractivity contribution >= 4 is 46.0 Å². The van der Waals surface area contributed by atoms with E-state index in [0.29, 0.717) is 23.6 Å². The number of imidazole rings is 1. The highest BCUT2D eigenvalue weighted by atomic mass is 19.4. The lowest BCUT2D eigenvalue weighted by Crippen LogP contribution is -2.42. The van der Waals surface area contributed by atoms with Crippen LogP contribution in [-0.2, 0) is 25.6 Å². The van der Waals surface area contributed by atoms with Gasteiger partial charge in [-0.15, -0.1) is 0 Å². The topological polar surface area (TPSA) is 251 Å². The van der Waals surface area contributed by atoms with Gasteiger partial charge in [-0.25, -0.2) is 23.9 Å². The first kappa shape index (κ1) is 46.4. The second kappa shape index (κ2) is 19.9. The van der Waals surface area contributed by atoms with Crippen LogP contribution in [0.25, 0.3) is 22.0 Å². The van der Waals surface area contributed by atoms with Gasteiger partial charge in [0, 0.05) is 34.6 Å². The Balaban J connectivity index is 0.000000569. The van der Waals surface area contributed by atoms with E-state index < -0.39 is 60.7 Å². The lowest BCUT2D eigenvalue weighted by atomic mass is 9.99. The van der Waals surface area contributed by atoms with Crippen LogP contribution in [0, 0.1) is 5.82 Å². The molecule has 5 rings (SSSR count). The summed E-state index contributed by atoms with van der Waals surface area (Å²) in [4.78, 5) is 51.4. The number of nitrogen functional groups attached to an aromatic ring is 1. The zero-order valence-corrected chi connectivity index (χ0v) is 30.9. The zero-order chi connectivity index (χ0) is 44.2. The van der Waals surface area contributed by atoms with Crippen molar-refractivity contribution < 1.29 is 64.9 Å². The number of anilines is 2. The number of fused-ring (bicyclic) bond motifs is 1. The summed E-state index contributed by atoms with van der Waals surface area (Å²) in [6.07, 6.45) is -7.65. The first-order chi connectivity index (χ1) is 27.6. The monoisotopic (exact) mass is 838 g/mol. The SMILES string of the molecule is CCOc1cc(CC)cc(C(Nc2ccc3c(N)nccc3c2)c2nc(-c3ccccc3)cn2C(N)C(=O)NCC(N)=O)c1F.O=C(O)C(F)(F)F.O=C(O)C(F)(F)F. The van der Waals surface area contributed by atoms with Gasteiger partial charge in [0.25, 0.3) is 5.91 Å². The van der Waals surface area contributed by atoms with Gasteiger partial charge in [0.05, 0.1) is 18.8 Å². The highest BCUT2D eigenvalue weighted by molar-refractivity contribution is 5.93. The Morgan fingerprint density at radius 3 is 2.07 bits per heavy atom. The fraction of sp³-hybridized carbons (Fsp3) is 0.243. The maximum atomic E-state index is 16.4. The van der Waals surface area contributed by atoms with Crippen molar-refractivity contribution in [3.05, 3.63) is 102 Å². The molecule has 2 atom stereocenters. The van der Waals surface area contributed by atoms with Gasteiger partial charge >= 0.3 is 24.3 Å². The number of aryl methyl sites for hydroxylation is 1. The van der Waals surface area contributed by atoms with Crippen molar-refractivity contribution in [3.63, 3.8) is 0 Å². The Morgan fingerprint density at radius 1 is 0.915 bits per heavy atom. The maximum Gasteiger partial charge on any atom is 0.490 e. The van der Waals surface area contributed by atoms with Gasteiger partial charge in [-0.3, -0.25) is 9.59 Å². The summed E-state index contributed by atoms with van der Waals surface area (Å²) in [5.41, 5.74) is 20.8. The Kier molecular flexibility index (Phi) is 15.7. The lowest BCUT2D eigenvalue weighted by molar-refractivity contribution is -0.193. The molecule has 0 radical (unpaired) electrons. The second-order valence-electron chi connectivity index (χ2n) is 12.0. The van der Waals surface area contributed by atoms with Gasteiger partial charge in [-0.1, -0.05) is 43.3 Å². The van der Waals surface area contributed by atoms with E-state index in [-0.39, 0.29) is 23.7 Å². The summed E-state index contributed by atoms with van der Waals surface area (Å²) >= 11 is 0. The van der Waals surface area contributed by atoms with Crippen LogP contribution >= 0.6 is 0 Å². The van der Waals surface area contributed by atoms with Crippen LogP contribution in [0.1, 0.15) is 43.0 Å². The molecule has 2 heterocycles. The fourth-order valence-electron chi connectivity index (χ4n) is 5.09. The molecule has 2 aromatic heterocycles. The molecule has 5 aromatic rings. The number of nitrogens with zero attached hydrogens (tertiary/aromatic N) is 3. The van der Waals surface area contributed by atoms with Crippen LogP contribution in [0.2, 0.25) is 0 Å². The number of aromatic nitrogens is 3. The number of alkyl halides is 6. The molecule has 2 unspecified atom stereocenters. The quantitative estimate of drug-likeness (QED) is 0.0790. The number of carboxylic acid groups (broad SMARTS) is 2. The molecule has 0 aliphatic heterocycles. The molecule has 59 heavy (non-hydrogen) atoms. The Labute approximate surface area is 330 Å². The molecule has 0 fully saturated rings. The molecule has 0 aliphatic carbocycles. The predicted octanol–water partition coefficient (Wildman–Crippen LogP) is 5.31. The van der Waals surface area contributed by atoms with Crippen LogP contribution in [-0.4, -0.2) is 74.0 Å². The molecule has 0 saturated heterocycles. The molecule has 10 N–H and O–H groups in total. The van der Waals surface area contributed by atoms with Crippen molar-refractivity contribution in [2.24, 2.45) is 11.5 Å². The van der Waals surface area contributed by atoms with Crippen molar-refractivity contribution in [2.45, 2.75) is 44.8 Å². The van der Waals surface area contributed by atoms with E-state index in [1.165, 1.54) is 4.57 Å². The van der Waals surface area contributed by atoms with Crippen molar-refractivity contribution in [2.75, 3.05) is 24.2 Å². The molecule has 316 valence electrons. The van der Waals surface area contributed by atoms with Crippen LogP contribution in [0.4, 0.5) is 42.2 Å². The molecular weight excluding hydrogens is 801 g/mol. The van der Waals surface area contributed by atoms with Gasteiger partial charge in [-0.2, -0.15) is 26.3 Å². The third kappa shape index (κ3) is 12.8. The molecule has 3 aromatic carbocycles. The van der Waals surface area contributed by atoms with E-state index in [1.54, 1.807) is 31.5 Å². The number of primary amides is 1. The molecule has 0 bridgehead atoms. The van der Waals surface area contributed by atoms with E-state index in [1.807, 2.05) is 61.5 Å². The molecule has 0 aliphatic rings. The number of carboxylic acids is 2. The van der Waals surface area contributed by atoms with Crippen molar-refractivity contribution in [3.8, 4) is 17.0 Å². The summed E-state index contributed by atoms with van der Waals surface area (Å²) in [6.45, 7) is 3.61. The summed E-state index contributed by atoms with van der Waals surface area (Å²) in [6, 6.07) is 19.1. The normalized spacial score (nSPS) is 12.2. The van der Waals surface area contributed by atoms with Gasteiger partial charge < -0.3 is 47.4 Å². The number of nitrogens with one attached hydrogen (secondary N) is 2. The number of carbonyl (C=O) groups excluding carboxylic acids is 2. The minimum absolute atomic E-state index is 0.0981. The number of rotatable bonds is 12. The number of halogens is 7. The van der Waals surface area contributed by atoms with E-state index in [9.17, 15) is 35.9 Å². The summed E-state index contributed by atoms with van der Waals surface area (Å²) in [5.74, 6) is -6.75. The maximum absolute atomic E-state index is 16.4. The largest absolute Gasteiger partial charge is 0.491 e.